The molecule has 7 nitrogen and oxygen atoms in total. The first-order valence-electron chi connectivity index (χ1n) is 7.65. The average Bonchev–Trinajstić information content (AvgIpc) is 2.53. The molecule has 0 bridgehead atoms. The van der Waals surface area contributed by atoms with Crippen LogP contribution in [0.3, 0.4) is 0 Å². The molecule has 1 heterocycles. The molecular weight excluding hydrogens is 346 g/mol. The number of rotatable bonds is 4. The van der Waals surface area contributed by atoms with E-state index in [1.165, 1.54) is 13.0 Å². The number of esters is 1. The standard InChI is InChI=1S/C17H18ClN3O4/c1-9(2)19-17(24)21-15(22)10(3)25-16(23)12-4-6-13-11(8-12)5-7-14(18)20-13/h4-10H,1-3H3,(H2,19,21,22,24). The summed E-state index contributed by atoms with van der Waals surface area (Å²) in [6.45, 7) is 4.91. The summed E-state index contributed by atoms with van der Waals surface area (Å²) in [5.74, 6) is -1.38. The number of hydrogen-bond acceptors (Lipinski definition) is 5. The van der Waals surface area contributed by atoms with Crippen molar-refractivity contribution in [1.29, 1.82) is 0 Å². The van der Waals surface area contributed by atoms with Gasteiger partial charge >= 0.3 is 12.0 Å². The molecule has 0 radical (unpaired) electrons. The molecule has 132 valence electrons. The van der Waals surface area contributed by atoms with E-state index in [4.69, 9.17) is 16.3 Å². The second-order valence-corrected chi connectivity index (χ2v) is 6.09. The SMILES string of the molecule is CC(C)NC(=O)NC(=O)C(C)OC(=O)c1ccc2nc(Cl)ccc2c1. The zero-order valence-corrected chi connectivity index (χ0v) is 14.8. The van der Waals surface area contributed by atoms with Gasteiger partial charge in [-0.15, -0.1) is 0 Å². The summed E-state index contributed by atoms with van der Waals surface area (Å²) in [4.78, 5) is 39.7. The van der Waals surface area contributed by atoms with Crippen molar-refractivity contribution >= 4 is 40.4 Å². The van der Waals surface area contributed by atoms with E-state index in [2.05, 4.69) is 15.6 Å². The molecule has 0 saturated carbocycles. The number of aromatic nitrogens is 1. The van der Waals surface area contributed by atoms with Crippen molar-refractivity contribution in [2.75, 3.05) is 0 Å². The van der Waals surface area contributed by atoms with E-state index in [1.54, 1.807) is 38.1 Å². The Morgan fingerprint density at radius 3 is 2.52 bits per heavy atom. The molecule has 25 heavy (non-hydrogen) atoms. The number of amides is 3. The second-order valence-electron chi connectivity index (χ2n) is 5.71. The van der Waals surface area contributed by atoms with Crippen LogP contribution in [0.2, 0.25) is 5.15 Å². The molecule has 1 aromatic carbocycles. The zero-order valence-electron chi connectivity index (χ0n) is 14.0. The summed E-state index contributed by atoms with van der Waals surface area (Å²) >= 11 is 5.82. The first kappa shape index (κ1) is 18.7. The number of benzene rings is 1. The molecule has 0 spiro atoms. The Bertz CT molecular complexity index is 823. The van der Waals surface area contributed by atoms with Crippen molar-refractivity contribution in [1.82, 2.24) is 15.6 Å². The van der Waals surface area contributed by atoms with Gasteiger partial charge in [0.25, 0.3) is 5.91 Å². The lowest BCUT2D eigenvalue weighted by atomic mass is 10.1. The first-order chi connectivity index (χ1) is 11.8. The summed E-state index contributed by atoms with van der Waals surface area (Å²) in [5.41, 5.74) is 0.906. The van der Waals surface area contributed by atoms with Gasteiger partial charge in [-0.3, -0.25) is 10.1 Å². The molecule has 3 amide bonds. The van der Waals surface area contributed by atoms with Crippen LogP contribution in [0.1, 0.15) is 31.1 Å². The number of urea groups is 1. The highest BCUT2D eigenvalue weighted by Gasteiger charge is 2.21. The number of carbonyl (C=O) groups is 3. The van der Waals surface area contributed by atoms with Crippen LogP contribution in [-0.2, 0) is 9.53 Å². The quantitative estimate of drug-likeness (QED) is 0.643. The van der Waals surface area contributed by atoms with Crippen molar-refractivity contribution in [2.24, 2.45) is 0 Å². The summed E-state index contributed by atoms with van der Waals surface area (Å²) < 4.78 is 5.10. The summed E-state index contributed by atoms with van der Waals surface area (Å²) in [7, 11) is 0. The van der Waals surface area contributed by atoms with Gasteiger partial charge in [0.2, 0.25) is 0 Å². The number of hydrogen-bond donors (Lipinski definition) is 2. The van der Waals surface area contributed by atoms with Crippen LogP contribution < -0.4 is 10.6 Å². The lowest BCUT2D eigenvalue weighted by molar-refractivity contribution is -0.127. The summed E-state index contributed by atoms with van der Waals surface area (Å²) in [6, 6.07) is 7.35. The number of fused-ring (bicyclic) bond motifs is 1. The van der Waals surface area contributed by atoms with E-state index in [1.807, 2.05) is 0 Å². The monoisotopic (exact) mass is 363 g/mol. The molecule has 1 atom stereocenters. The predicted molar refractivity (Wildman–Crippen MR) is 93.4 cm³/mol. The van der Waals surface area contributed by atoms with Gasteiger partial charge in [-0.05, 0) is 51.1 Å². The molecule has 8 heteroatoms. The smallest absolute Gasteiger partial charge is 0.338 e. The Morgan fingerprint density at radius 2 is 1.84 bits per heavy atom. The average molecular weight is 364 g/mol. The van der Waals surface area contributed by atoms with Crippen LogP contribution in [-0.4, -0.2) is 35.0 Å². The molecule has 2 rings (SSSR count). The minimum Gasteiger partial charge on any atom is -0.449 e. The lowest BCUT2D eigenvalue weighted by Gasteiger charge is -2.14. The number of carbonyl (C=O) groups excluding carboxylic acids is 3. The van der Waals surface area contributed by atoms with Gasteiger partial charge in [0.15, 0.2) is 6.10 Å². The second kappa shape index (κ2) is 7.94. The van der Waals surface area contributed by atoms with E-state index in [0.717, 1.165) is 0 Å². The Morgan fingerprint density at radius 1 is 1.12 bits per heavy atom. The molecule has 0 aliphatic rings. The fourth-order valence-electron chi connectivity index (χ4n) is 2.02. The molecule has 2 N–H and O–H groups in total. The highest BCUT2D eigenvalue weighted by molar-refractivity contribution is 6.29. The Hall–Kier alpha value is -2.67. The van der Waals surface area contributed by atoms with Gasteiger partial charge in [0, 0.05) is 11.4 Å². The number of ether oxygens (including phenoxy) is 1. The lowest BCUT2D eigenvalue weighted by Crippen LogP contribution is -2.46. The van der Waals surface area contributed by atoms with Crippen LogP contribution in [0.5, 0.6) is 0 Å². The number of nitrogens with zero attached hydrogens (tertiary/aromatic N) is 1. The van der Waals surface area contributed by atoms with E-state index < -0.39 is 24.0 Å². The van der Waals surface area contributed by atoms with Crippen LogP contribution in [0.25, 0.3) is 10.9 Å². The first-order valence-corrected chi connectivity index (χ1v) is 8.02. The van der Waals surface area contributed by atoms with Crippen molar-refractivity contribution < 1.29 is 19.1 Å². The third kappa shape index (κ3) is 5.15. The zero-order chi connectivity index (χ0) is 18.6. The number of halogens is 1. The van der Waals surface area contributed by atoms with Gasteiger partial charge in [-0.2, -0.15) is 0 Å². The van der Waals surface area contributed by atoms with E-state index in [-0.39, 0.29) is 11.6 Å². The number of imide groups is 1. The summed E-state index contributed by atoms with van der Waals surface area (Å²) in [5, 5.41) is 5.69. The maximum atomic E-state index is 12.2. The van der Waals surface area contributed by atoms with E-state index in [9.17, 15) is 14.4 Å². The number of nitrogens with one attached hydrogen (secondary N) is 2. The molecule has 0 fully saturated rings. The molecule has 1 unspecified atom stereocenters. The molecule has 0 saturated heterocycles. The fourth-order valence-corrected chi connectivity index (χ4v) is 2.18. The molecule has 2 aromatic rings. The Kier molecular flexibility index (Phi) is 5.93. The van der Waals surface area contributed by atoms with E-state index >= 15 is 0 Å². The third-order valence-electron chi connectivity index (χ3n) is 3.20. The minimum atomic E-state index is -1.12. The maximum absolute atomic E-state index is 12.2. The predicted octanol–water partition coefficient (Wildman–Crippen LogP) is 2.67. The van der Waals surface area contributed by atoms with Gasteiger partial charge in [0.05, 0.1) is 11.1 Å². The molecular formula is C17H18ClN3O4. The Balaban J connectivity index is 2.02. The van der Waals surface area contributed by atoms with Crippen molar-refractivity contribution in [3.05, 3.63) is 41.0 Å². The van der Waals surface area contributed by atoms with Gasteiger partial charge < -0.3 is 10.1 Å². The number of pyridine rings is 1. The molecule has 0 aliphatic heterocycles. The molecule has 1 aromatic heterocycles. The van der Waals surface area contributed by atoms with Gasteiger partial charge in [-0.1, -0.05) is 11.6 Å². The summed E-state index contributed by atoms with van der Waals surface area (Å²) in [6.07, 6.45) is -1.12. The van der Waals surface area contributed by atoms with Crippen molar-refractivity contribution in [3.8, 4) is 0 Å². The van der Waals surface area contributed by atoms with Gasteiger partial charge in [-0.25, -0.2) is 14.6 Å². The topological polar surface area (TPSA) is 97.4 Å². The normalized spacial score (nSPS) is 11.9. The largest absolute Gasteiger partial charge is 0.449 e. The van der Waals surface area contributed by atoms with Gasteiger partial charge in [0.1, 0.15) is 5.15 Å². The molecule has 0 aliphatic carbocycles. The van der Waals surface area contributed by atoms with E-state index in [0.29, 0.717) is 16.1 Å². The van der Waals surface area contributed by atoms with Crippen LogP contribution in [0.15, 0.2) is 30.3 Å². The van der Waals surface area contributed by atoms with Crippen LogP contribution in [0.4, 0.5) is 4.79 Å². The van der Waals surface area contributed by atoms with Crippen molar-refractivity contribution in [2.45, 2.75) is 32.9 Å². The van der Waals surface area contributed by atoms with Crippen molar-refractivity contribution in [3.63, 3.8) is 0 Å². The van der Waals surface area contributed by atoms with Crippen LogP contribution >= 0.6 is 11.6 Å². The third-order valence-corrected chi connectivity index (χ3v) is 3.41. The maximum Gasteiger partial charge on any atom is 0.338 e. The highest BCUT2D eigenvalue weighted by atomic mass is 35.5. The minimum absolute atomic E-state index is 0.120. The highest BCUT2D eigenvalue weighted by Crippen LogP contribution is 2.18. The Labute approximate surface area is 149 Å². The fraction of sp³-hybridized carbons (Fsp3) is 0.294. The van der Waals surface area contributed by atoms with Crippen LogP contribution in [0, 0.1) is 0 Å².